The molecule has 0 spiro atoms. The van der Waals surface area contributed by atoms with E-state index in [2.05, 4.69) is 9.88 Å². The molecule has 2 heterocycles. The third-order valence-electron chi connectivity index (χ3n) is 8.18. The van der Waals surface area contributed by atoms with Gasteiger partial charge in [-0.2, -0.15) is 44.5 Å². The lowest BCUT2D eigenvalue weighted by molar-refractivity contribution is -0.143. The lowest BCUT2D eigenvalue weighted by atomic mass is 10.0. The Bertz CT molecular complexity index is 1610. The fraction of sp³-hybridized carbons (Fsp3) is 0.419. The van der Waals surface area contributed by atoms with E-state index in [1.165, 1.54) is 0 Å². The van der Waals surface area contributed by atoms with Gasteiger partial charge in [-0.25, -0.2) is 0 Å². The van der Waals surface area contributed by atoms with E-state index >= 15 is 0 Å². The Hall–Kier alpha value is -3.81. The van der Waals surface area contributed by atoms with E-state index in [9.17, 15) is 39.5 Å². The molecule has 0 N–H and O–H groups in total. The van der Waals surface area contributed by atoms with E-state index in [-0.39, 0.29) is 24.7 Å². The molecular formula is C31H29F9N4O. The Morgan fingerprint density at radius 3 is 2.02 bits per heavy atom. The van der Waals surface area contributed by atoms with E-state index in [1.54, 1.807) is 30.3 Å². The molecule has 1 atom stereocenters. The zero-order chi connectivity index (χ0) is 32.7. The first-order chi connectivity index (χ1) is 21.0. The van der Waals surface area contributed by atoms with Gasteiger partial charge in [-0.05, 0) is 68.3 Å². The van der Waals surface area contributed by atoms with Crippen molar-refractivity contribution < 1.29 is 43.9 Å². The highest BCUT2D eigenvalue weighted by molar-refractivity contribution is 5.79. The van der Waals surface area contributed by atoms with Crippen LogP contribution < -0.4 is 4.90 Å². The van der Waals surface area contributed by atoms with E-state index < -0.39 is 53.5 Å². The molecule has 45 heavy (non-hydrogen) atoms. The summed E-state index contributed by atoms with van der Waals surface area (Å²) in [5.74, 6) is 0. The Balaban J connectivity index is 1.61. The molecule has 242 valence electrons. The second-order valence-corrected chi connectivity index (χ2v) is 11.3. The Morgan fingerprint density at radius 1 is 0.822 bits per heavy atom. The van der Waals surface area contributed by atoms with Gasteiger partial charge in [0, 0.05) is 30.6 Å². The van der Waals surface area contributed by atoms with Crippen molar-refractivity contribution in [3.63, 3.8) is 0 Å². The van der Waals surface area contributed by atoms with E-state index in [4.69, 9.17) is 9.40 Å². The Kier molecular flexibility index (Phi) is 8.82. The zero-order valence-electron chi connectivity index (χ0n) is 24.2. The smallest absolute Gasteiger partial charge is 0.431 e. The summed E-state index contributed by atoms with van der Waals surface area (Å²) in [6, 6.07) is 9.34. The molecule has 1 aliphatic rings. The third kappa shape index (κ3) is 7.37. The molecule has 0 radical (unpaired) electrons. The second kappa shape index (κ2) is 12.2. The van der Waals surface area contributed by atoms with Crippen LogP contribution in [0.2, 0.25) is 0 Å². The molecule has 5 rings (SSSR count). The van der Waals surface area contributed by atoms with E-state index in [1.807, 2.05) is 14.0 Å². The van der Waals surface area contributed by atoms with E-state index in [0.717, 1.165) is 30.6 Å². The molecule has 2 aromatic carbocycles. The van der Waals surface area contributed by atoms with Gasteiger partial charge in [0.2, 0.25) is 0 Å². The van der Waals surface area contributed by atoms with Crippen molar-refractivity contribution in [3.8, 4) is 0 Å². The number of benzene rings is 2. The van der Waals surface area contributed by atoms with E-state index in [0.29, 0.717) is 40.6 Å². The number of para-hydroxylation sites is 1. The van der Waals surface area contributed by atoms with Crippen LogP contribution in [0.4, 0.5) is 45.5 Å². The molecule has 0 aliphatic heterocycles. The van der Waals surface area contributed by atoms with Gasteiger partial charge >= 0.3 is 18.5 Å². The summed E-state index contributed by atoms with van der Waals surface area (Å²) in [6.07, 6.45) is -10.7. The summed E-state index contributed by atoms with van der Waals surface area (Å²) in [5, 5.41) is 0.689. The van der Waals surface area contributed by atoms with Gasteiger partial charge in [-0.15, -0.1) is 0 Å². The average molecular weight is 645 g/mol. The fourth-order valence-electron chi connectivity index (χ4n) is 5.75. The minimum absolute atomic E-state index is 0.00731. The number of pyridine rings is 1. The summed E-state index contributed by atoms with van der Waals surface area (Å²) in [7, 11) is 1.95. The van der Waals surface area contributed by atoms with Crippen LogP contribution in [0.15, 0.2) is 59.2 Å². The van der Waals surface area contributed by atoms with Crippen molar-refractivity contribution in [3.05, 3.63) is 88.4 Å². The number of rotatable bonds is 8. The maximum Gasteiger partial charge on any atom is 0.436 e. The number of halogens is 9. The number of hydrogen-bond donors (Lipinski definition) is 0. The van der Waals surface area contributed by atoms with Crippen LogP contribution in [0.25, 0.3) is 10.9 Å². The topological polar surface area (TPSA) is 45.4 Å². The van der Waals surface area contributed by atoms with Gasteiger partial charge in [-0.1, -0.05) is 31.0 Å². The predicted octanol–water partition coefficient (Wildman–Crippen LogP) is 9.42. The zero-order valence-corrected chi connectivity index (χ0v) is 24.2. The van der Waals surface area contributed by atoms with Crippen molar-refractivity contribution in [2.45, 2.75) is 76.3 Å². The molecule has 1 saturated carbocycles. The maximum atomic E-state index is 13.6. The molecule has 2 aromatic heterocycles. The minimum Gasteiger partial charge on any atom is -0.431 e. The van der Waals surface area contributed by atoms with Gasteiger partial charge in [0.15, 0.2) is 5.69 Å². The van der Waals surface area contributed by atoms with Gasteiger partial charge in [0.1, 0.15) is 6.26 Å². The summed E-state index contributed by atoms with van der Waals surface area (Å²) < 4.78 is 127. The fourth-order valence-corrected chi connectivity index (χ4v) is 5.75. The monoisotopic (exact) mass is 644 g/mol. The quantitative estimate of drug-likeness (QED) is 0.179. The standard InChI is InChI=1S/C31H29F9N4O/c1-18(43(2)24-8-4-5-9-24)27-21(13-20-7-3-6-10-25(20)41-27)16-44(28-42-26(17-45-28)31(38,39)40)15-19-11-22(29(32,33)34)14-23(12-19)30(35,36)37/h3,6-7,10-14,17-18,24H,4-5,8-9,15-16H2,1-2H3. The van der Waals surface area contributed by atoms with Crippen LogP contribution in [0, 0.1) is 0 Å². The summed E-state index contributed by atoms with van der Waals surface area (Å²) >= 11 is 0. The van der Waals surface area contributed by atoms with Gasteiger partial charge in [0.25, 0.3) is 6.01 Å². The van der Waals surface area contributed by atoms with Crippen LogP contribution in [-0.2, 0) is 31.6 Å². The van der Waals surface area contributed by atoms with Crippen LogP contribution in [0.3, 0.4) is 0 Å². The van der Waals surface area contributed by atoms with Crippen molar-refractivity contribution in [2.75, 3.05) is 11.9 Å². The molecule has 1 aliphatic carbocycles. The molecular weight excluding hydrogens is 615 g/mol. The first-order valence-corrected chi connectivity index (χ1v) is 14.2. The summed E-state index contributed by atoms with van der Waals surface area (Å²) in [4.78, 5) is 11.6. The minimum atomic E-state index is -5.11. The molecule has 0 saturated heterocycles. The number of hydrogen-bond acceptors (Lipinski definition) is 5. The van der Waals surface area contributed by atoms with Gasteiger partial charge in [0.05, 0.1) is 22.3 Å². The molecule has 5 nitrogen and oxygen atoms in total. The predicted molar refractivity (Wildman–Crippen MR) is 148 cm³/mol. The van der Waals surface area contributed by atoms with Gasteiger partial charge < -0.3 is 9.32 Å². The number of fused-ring (bicyclic) bond motifs is 1. The number of alkyl halides is 9. The molecule has 4 aromatic rings. The van der Waals surface area contributed by atoms with Crippen molar-refractivity contribution in [1.29, 1.82) is 0 Å². The second-order valence-electron chi connectivity index (χ2n) is 11.3. The van der Waals surface area contributed by atoms with Crippen LogP contribution in [0.1, 0.15) is 72.3 Å². The first kappa shape index (κ1) is 32.6. The van der Waals surface area contributed by atoms with Crippen molar-refractivity contribution in [2.24, 2.45) is 0 Å². The van der Waals surface area contributed by atoms with Crippen LogP contribution in [-0.4, -0.2) is 28.0 Å². The number of anilines is 1. The molecule has 0 amide bonds. The largest absolute Gasteiger partial charge is 0.436 e. The number of aromatic nitrogens is 2. The molecule has 1 unspecified atom stereocenters. The van der Waals surface area contributed by atoms with Crippen molar-refractivity contribution >= 4 is 16.9 Å². The highest BCUT2D eigenvalue weighted by atomic mass is 19.4. The molecule has 0 bridgehead atoms. The maximum absolute atomic E-state index is 13.6. The normalized spacial score (nSPS) is 15.7. The highest BCUT2D eigenvalue weighted by Crippen LogP contribution is 2.38. The average Bonchev–Trinajstić information content (AvgIpc) is 3.68. The van der Waals surface area contributed by atoms with Crippen LogP contribution in [0.5, 0.6) is 0 Å². The summed E-state index contributed by atoms with van der Waals surface area (Å²) in [5.41, 5.74) is -3.22. The summed E-state index contributed by atoms with van der Waals surface area (Å²) in [6.45, 7) is 0.980. The molecule has 14 heteroatoms. The first-order valence-electron chi connectivity index (χ1n) is 14.2. The SMILES string of the molecule is CC(c1nc2ccccc2cc1CN(Cc1cc(C(F)(F)F)cc(C(F)(F)F)c1)c1nc(C(F)(F)F)co1)N(C)C1CCCC1. The lowest BCUT2D eigenvalue weighted by Gasteiger charge is -2.32. The van der Waals surface area contributed by atoms with Crippen LogP contribution >= 0.6 is 0 Å². The Labute approximate surface area is 252 Å². The number of oxazole rings is 1. The third-order valence-corrected chi connectivity index (χ3v) is 8.18. The number of nitrogens with zero attached hydrogens (tertiary/aromatic N) is 4. The lowest BCUT2D eigenvalue weighted by Crippen LogP contribution is -2.33. The Morgan fingerprint density at radius 2 is 1.44 bits per heavy atom. The van der Waals surface area contributed by atoms with Gasteiger partial charge in [-0.3, -0.25) is 9.88 Å². The highest BCUT2D eigenvalue weighted by Gasteiger charge is 2.38. The van der Waals surface area contributed by atoms with Crippen molar-refractivity contribution in [1.82, 2.24) is 14.9 Å². The molecule has 1 fully saturated rings.